The van der Waals surface area contributed by atoms with Crippen molar-refractivity contribution in [2.75, 3.05) is 20.0 Å². The Hall–Kier alpha value is -3.34. The normalized spacial score (nSPS) is 10.8. The fraction of sp³-hybridized carbons (Fsp3) is 0.222. The summed E-state index contributed by atoms with van der Waals surface area (Å²) in [7, 11) is 2.51. The monoisotopic (exact) mass is 358 g/mol. The molecule has 0 radical (unpaired) electrons. The third-order valence-corrected chi connectivity index (χ3v) is 4.31. The maximum absolute atomic E-state index is 14.9. The molecule has 2 aromatic heterocycles. The minimum Gasteiger partial charge on any atom is -0.493 e. The van der Waals surface area contributed by atoms with Crippen molar-refractivity contribution >= 4 is 16.9 Å². The molecule has 3 rings (SSSR count). The second kappa shape index (κ2) is 6.19. The average molecular weight is 358 g/mol. The van der Waals surface area contributed by atoms with Gasteiger partial charge in [-0.15, -0.1) is 0 Å². The van der Waals surface area contributed by atoms with Gasteiger partial charge in [0, 0.05) is 17.1 Å². The van der Waals surface area contributed by atoms with Gasteiger partial charge >= 0.3 is 0 Å². The van der Waals surface area contributed by atoms with E-state index in [0.717, 1.165) is 16.2 Å². The standard InChI is InChI=1S/C18H16F2N4O2/c1-8-5-10-11(7-21)17(22)24(18(10)23-9(8)2)16-14(19)12(25-3)6-13(26-4)15(16)20/h5-6H,22H2,1-4H3. The predicted octanol–water partition coefficient (Wildman–Crippen LogP) is 3.39. The number of hydrogen-bond donors (Lipinski definition) is 1. The summed E-state index contributed by atoms with van der Waals surface area (Å²) in [6.45, 7) is 3.58. The molecule has 3 aromatic rings. The molecule has 0 aliphatic carbocycles. The average Bonchev–Trinajstić information content (AvgIpc) is 2.87. The van der Waals surface area contributed by atoms with Gasteiger partial charge in [-0.2, -0.15) is 5.26 Å². The molecule has 0 saturated carbocycles. The number of rotatable bonds is 3. The molecule has 0 spiro atoms. The number of nitrogens with two attached hydrogens (primary N) is 1. The minimum atomic E-state index is -0.973. The summed E-state index contributed by atoms with van der Waals surface area (Å²) in [5.41, 5.74) is 7.30. The van der Waals surface area contributed by atoms with Gasteiger partial charge in [0.2, 0.25) is 0 Å². The zero-order valence-electron chi connectivity index (χ0n) is 14.6. The fourth-order valence-electron chi connectivity index (χ4n) is 2.82. The first-order valence-electron chi connectivity index (χ1n) is 7.64. The maximum Gasteiger partial charge on any atom is 0.192 e. The van der Waals surface area contributed by atoms with Crippen molar-refractivity contribution in [3.8, 4) is 23.3 Å². The number of pyridine rings is 1. The summed E-state index contributed by atoms with van der Waals surface area (Å²) >= 11 is 0. The number of nitrogens with zero attached hydrogens (tertiary/aromatic N) is 3. The van der Waals surface area contributed by atoms with Gasteiger partial charge in [0.25, 0.3) is 0 Å². The van der Waals surface area contributed by atoms with Gasteiger partial charge in [-0.3, -0.25) is 4.57 Å². The highest BCUT2D eigenvalue weighted by atomic mass is 19.1. The van der Waals surface area contributed by atoms with Crippen LogP contribution in [0.3, 0.4) is 0 Å². The van der Waals surface area contributed by atoms with Crippen molar-refractivity contribution in [3.05, 3.63) is 40.6 Å². The number of methoxy groups -OCH3 is 2. The lowest BCUT2D eigenvalue weighted by atomic mass is 10.1. The lowest BCUT2D eigenvalue weighted by Crippen LogP contribution is -2.09. The molecule has 1 aromatic carbocycles. The lowest BCUT2D eigenvalue weighted by molar-refractivity contribution is 0.357. The molecule has 0 aliphatic heterocycles. The maximum atomic E-state index is 14.9. The van der Waals surface area contributed by atoms with Crippen LogP contribution in [0.15, 0.2) is 12.1 Å². The molecule has 0 atom stereocenters. The molecular formula is C18H16F2N4O2. The Morgan fingerprint density at radius 2 is 1.69 bits per heavy atom. The molecule has 6 nitrogen and oxygen atoms in total. The Kier molecular flexibility index (Phi) is 4.16. The van der Waals surface area contributed by atoms with Gasteiger partial charge in [-0.05, 0) is 25.5 Å². The highest BCUT2D eigenvalue weighted by Crippen LogP contribution is 2.38. The zero-order valence-corrected chi connectivity index (χ0v) is 14.6. The number of aromatic nitrogens is 2. The molecule has 8 heteroatoms. The SMILES string of the molecule is COc1cc(OC)c(F)c(-n2c(N)c(C#N)c3cc(C)c(C)nc32)c1F. The van der Waals surface area contributed by atoms with Crippen molar-refractivity contribution in [3.63, 3.8) is 0 Å². The van der Waals surface area contributed by atoms with Crippen LogP contribution in [0.4, 0.5) is 14.6 Å². The van der Waals surface area contributed by atoms with Crippen LogP contribution in [0.5, 0.6) is 11.5 Å². The number of benzene rings is 1. The van der Waals surface area contributed by atoms with Crippen LogP contribution in [0, 0.1) is 36.8 Å². The van der Waals surface area contributed by atoms with Crippen LogP contribution < -0.4 is 15.2 Å². The molecule has 0 aliphatic rings. The van der Waals surface area contributed by atoms with E-state index in [1.807, 2.05) is 13.0 Å². The van der Waals surface area contributed by atoms with Gasteiger partial charge in [-0.1, -0.05) is 0 Å². The Labute approximate surface area is 148 Å². The second-order valence-corrected chi connectivity index (χ2v) is 5.73. The summed E-state index contributed by atoms with van der Waals surface area (Å²) in [4.78, 5) is 4.39. The van der Waals surface area contributed by atoms with Crippen LogP contribution in [0.1, 0.15) is 16.8 Å². The first-order chi connectivity index (χ1) is 12.3. The number of ether oxygens (including phenoxy) is 2. The van der Waals surface area contributed by atoms with Crippen LogP contribution in [-0.4, -0.2) is 23.8 Å². The molecule has 0 fully saturated rings. The van der Waals surface area contributed by atoms with E-state index in [4.69, 9.17) is 15.2 Å². The van der Waals surface area contributed by atoms with Crippen LogP contribution in [-0.2, 0) is 0 Å². The highest BCUT2D eigenvalue weighted by Gasteiger charge is 2.27. The van der Waals surface area contributed by atoms with E-state index in [1.54, 1.807) is 13.0 Å². The molecule has 2 heterocycles. The van der Waals surface area contributed by atoms with E-state index in [-0.39, 0.29) is 28.5 Å². The number of fused-ring (bicyclic) bond motifs is 1. The van der Waals surface area contributed by atoms with Gasteiger partial charge in [-0.25, -0.2) is 13.8 Å². The van der Waals surface area contributed by atoms with E-state index in [0.29, 0.717) is 11.1 Å². The third kappa shape index (κ3) is 2.32. The van der Waals surface area contributed by atoms with Gasteiger partial charge in [0.1, 0.15) is 28.8 Å². The molecule has 2 N–H and O–H groups in total. The largest absolute Gasteiger partial charge is 0.493 e. The predicted molar refractivity (Wildman–Crippen MR) is 92.7 cm³/mol. The van der Waals surface area contributed by atoms with Crippen molar-refractivity contribution in [1.29, 1.82) is 5.26 Å². The lowest BCUT2D eigenvalue weighted by Gasteiger charge is -2.15. The molecule has 0 unspecified atom stereocenters. The van der Waals surface area contributed by atoms with Crippen LogP contribution in [0.2, 0.25) is 0 Å². The van der Waals surface area contributed by atoms with E-state index in [9.17, 15) is 14.0 Å². The molecule has 26 heavy (non-hydrogen) atoms. The van der Waals surface area contributed by atoms with Gasteiger partial charge in [0.15, 0.2) is 23.1 Å². The Balaban J connectivity index is 2.53. The van der Waals surface area contributed by atoms with Crippen molar-refractivity contribution in [2.24, 2.45) is 0 Å². The summed E-state index contributed by atoms with van der Waals surface area (Å²) in [6, 6.07) is 4.80. The number of aryl methyl sites for hydroxylation is 2. The Morgan fingerprint density at radius 3 is 2.19 bits per heavy atom. The Morgan fingerprint density at radius 1 is 1.12 bits per heavy atom. The summed E-state index contributed by atoms with van der Waals surface area (Å²) in [5.74, 6) is -2.50. The summed E-state index contributed by atoms with van der Waals surface area (Å²) in [5, 5.41) is 9.88. The van der Waals surface area contributed by atoms with E-state index < -0.39 is 17.3 Å². The number of hydrogen-bond acceptors (Lipinski definition) is 5. The van der Waals surface area contributed by atoms with Crippen molar-refractivity contribution in [1.82, 2.24) is 9.55 Å². The number of halogens is 2. The van der Waals surface area contributed by atoms with Crippen LogP contribution in [0.25, 0.3) is 16.7 Å². The van der Waals surface area contributed by atoms with E-state index in [1.165, 1.54) is 14.2 Å². The third-order valence-electron chi connectivity index (χ3n) is 4.31. The first kappa shape index (κ1) is 17.5. The van der Waals surface area contributed by atoms with Crippen molar-refractivity contribution < 1.29 is 18.3 Å². The highest BCUT2D eigenvalue weighted by molar-refractivity contribution is 5.92. The Bertz CT molecular complexity index is 1060. The molecule has 0 saturated heterocycles. The van der Waals surface area contributed by atoms with E-state index in [2.05, 4.69) is 4.98 Å². The molecule has 0 bridgehead atoms. The first-order valence-corrected chi connectivity index (χ1v) is 7.64. The second-order valence-electron chi connectivity index (χ2n) is 5.73. The molecule has 134 valence electrons. The number of nitriles is 1. The fourth-order valence-corrected chi connectivity index (χ4v) is 2.82. The van der Waals surface area contributed by atoms with Gasteiger partial charge < -0.3 is 15.2 Å². The summed E-state index contributed by atoms with van der Waals surface area (Å²) < 4.78 is 40.9. The minimum absolute atomic E-state index is 0.0937. The number of nitrogen functional groups attached to an aromatic ring is 1. The summed E-state index contributed by atoms with van der Waals surface area (Å²) in [6.07, 6.45) is 0. The molecular weight excluding hydrogens is 342 g/mol. The molecule has 0 amide bonds. The number of anilines is 1. The van der Waals surface area contributed by atoms with Gasteiger partial charge in [0.05, 0.1) is 14.2 Å². The zero-order chi connectivity index (χ0) is 19.2. The van der Waals surface area contributed by atoms with Crippen LogP contribution >= 0.6 is 0 Å². The smallest absolute Gasteiger partial charge is 0.192 e. The quantitative estimate of drug-likeness (QED) is 0.776. The van der Waals surface area contributed by atoms with E-state index >= 15 is 0 Å². The topological polar surface area (TPSA) is 86.1 Å². The van der Waals surface area contributed by atoms with Crippen molar-refractivity contribution in [2.45, 2.75) is 13.8 Å².